The maximum absolute atomic E-state index is 12.0. The number of aliphatic hydroxyl groups is 1. The summed E-state index contributed by atoms with van der Waals surface area (Å²) in [6.07, 6.45) is 4.61. The van der Waals surface area contributed by atoms with Gasteiger partial charge in [-0.2, -0.15) is 0 Å². The second-order valence-electron chi connectivity index (χ2n) is 12.2. The molecule has 2 fully saturated rings. The van der Waals surface area contributed by atoms with E-state index >= 15 is 0 Å². The van der Waals surface area contributed by atoms with E-state index in [0.717, 1.165) is 13.5 Å². The fraction of sp³-hybridized carbons (Fsp3) is 0.567. The van der Waals surface area contributed by atoms with E-state index in [9.17, 15) is 19.5 Å². The topological polar surface area (TPSA) is 122 Å². The predicted octanol–water partition coefficient (Wildman–Crippen LogP) is 7.26. The first kappa shape index (κ1) is 37.1. The van der Waals surface area contributed by atoms with Crippen LogP contribution >= 0.6 is 47.8 Å². The molecule has 2 aromatic rings. The second kappa shape index (κ2) is 16.3. The Balaban J connectivity index is 0.000000251. The van der Waals surface area contributed by atoms with Crippen molar-refractivity contribution < 1.29 is 29.0 Å². The summed E-state index contributed by atoms with van der Waals surface area (Å²) in [4.78, 5) is 45.9. The number of Topliss-reactive ketones (excluding diaryl/α,β-unsaturated/α-hetero) is 1. The minimum atomic E-state index is -0.973. The van der Waals surface area contributed by atoms with E-state index in [1.807, 2.05) is 65.8 Å². The van der Waals surface area contributed by atoms with Crippen molar-refractivity contribution in [1.82, 2.24) is 19.8 Å². The first-order chi connectivity index (χ1) is 19.9. The molecular formula is C30H41Br3N4O6. The lowest BCUT2D eigenvalue weighted by molar-refractivity contribution is -0.121. The molecule has 0 radical (unpaired) electrons. The fourth-order valence-electron chi connectivity index (χ4n) is 3.92. The molecule has 13 heteroatoms. The fourth-order valence-corrected chi connectivity index (χ4v) is 4.62. The summed E-state index contributed by atoms with van der Waals surface area (Å²) in [5, 5.41) is 10.7. The van der Waals surface area contributed by atoms with Gasteiger partial charge in [0.2, 0.25) is 0 Å². The molecule has 2 aromatic heterocycles. The van der Waals surface area contributed by atoms with E-state index in [-0.39, 0.29) is 18.0 Å². The normalized spacial score (nSPS) is 16.7. The number of hydrogen-bond donors (Lipinski definition) is 1. The summed E-state index contributed by atoms with van der Waals surface area (Å²) in [5.41, 5.74) is -1.29. The number of pyridine rings is 2. The van der Waals surface area contributed by atoms with E-state index in [1.165, 1.54) is 0 Å². The molecule has 0 unspecified atom stereocenters. The van der Waals surface area contributed by atoms with Gasteiger partial charge >= 0.3 is 12.2 Å². The zero-order chi connectivity index (χ0) is 32.4. The van der Waals surface area contributed by atoms with Gasteiger partial charge < -0.3 is 24.4 Å². The lowest BCUT2D eigenvalue weighted by Crippen LogP contribution is -2.47. The summed E-state index contributed by atoms with van der Waals surface area (Å²) < 4.78 is 13.3. The Morgan fingerprint density at radius 1 is 0.767 bits per heavy atom. The molecule has 0 bridgehead atoms. The molecule has 0 aromatic carbocycles. The standard InChI is InChI=1S/C15H21BrN2O3.C10H17NO3.C5H3Br2N/c1-14(2,3)21-13(19)18-8-6-15(20,7-9-18)12-5-4-11(16)10-17-12;1-10(2,3)14-9(13)11-6-4-8(12)5-7-11;6-4-1-2-5(7)8-3-4/h4-5,10,20H,6-9H2,1-3H3;4-7H2,1-3H3;1-3H. The highest BCUT2D eigenvalue weighted by Gasteiger charge is 2.37. The lowest BCUT2D eigenvalue weighted by Gasteiger charge is -2.38. The molecule has 0 spiro atoms. The smallest absolute Gasteiger partial charge is 0.410 e. The number of carbonyl (C=O) groups excluding carboxylic acids is 3. The Hall–Kier alpha value is -2.09. The Morgan fingerprint density at radius 2 is 1.21 bits per heavy atom. The first-order valence-electron chi connectivity index (χ1n) is 14.0. The molecule has 0 atom stereocenters. The Labute approximate surface area is 279 Å². The average molecular weight is 793 g/mol. The number of hydrogen-bond acceptors (Lipinski definition) is 8. The first-order valence-corrected chi connectivity index (χ1v) is 16.3. The van der Waals surface area contributed by atoms with Crippen LogP contribution in [0.2, 0.25) is 0 Å². The molecular weight excluding hydrogens is 752 g/mol. The molecule has 43 heavy (non-hydrogen) atoms. The van der Waals surface area contributed by atoms with Crippen molar-refractivity contribution in [3.63, 3.8) is 0 Å². The molecule has 238 valence electrons. The van der Waals surface area contributed by atoms with Crippen molar-refractivity contribution in [2.75, 3.05) is 26.2 Å². The van der Waals surface area contributed by atoms with E-state index in [1.54, 1.807) is 22.2 Å². The summed E-state index contributed by atoms with van der Waals surface area (Å²) in [7, 11) is 0. The molecule has 1 N–H and O–H groups in total. The zero-order valence-corrected chi connectivity index (χ0v) is 30.3. The third-order valence-electron chi connectivity index (χ3n) is 6.11. The number of halogens is 3. The van der Waals surface area contributed by atoms with Crippen molar-refractivity contribution in [3.8, 4) is 0 Å². The van der Waals surface area contributed by atoms with E-state index in [2.05, 4.69) is 57.8 Å². The van der Waals surface area contributed by atoms with Crippen LogP contribution in [0.15, 0.2) is 50.2 Å². The van der Waals surface area contributed by atoms with Gasteiger partial charge in [0.25, 0.3) is 0 Å². The van der Waals surface area contributed by atoms with E-state index in [0.29, 0.717) is 57.6 Å². The van der Waals surface area contributed by atoms with Crippen molar-refractivity contribution in [3.05, 3.63) is 55.9 Å². The number of amides is 2. The van der Waals surface area contributed by atoms with Crippen molar-refractivity contribution >= 4 is 65.8 Å². The molecule has 0 saturated carbocycles. The molecule has 0 aliphatic carbocycles. The summed E-state index contributed by atoms with van der Waals surface area (Å²) in [5.74, 6) is 0.227. The van der Waals surface area contributed by atoms with Gasteiger partial charge in [-0.3, -0.25) is 9.78 Å². The molecule has 2 amide bonds. The number of piperidine rings is 2. The minimum absolute atomic E-state index is 0.227. The second-order valence-corrected chi connectivity index (χ2v) is 14.8. The monoisotopic (exact) mass is 790 g/mol. The molecule has 2 aliphatic rings. The highest BCUT2D eigenvalue weighted by molar-refractivity contribution is 9.11. The summed E-state index contributed by atoms with van der Waals surface area (Å²) in [6.45, 7) is 12.9. The van der Waals surface area contributed by atoms with Crippen molar-refractivity contribution in [2.24, 2.45) is 0 Å². The molecule has 10 nitrogen and oxygen atoms in total. The SMILES string of the molecule is Brc1ccc(Br)nc1.CC(C)(C)OC(=O)N1CCC(=O)CC1.CC(C)(C)OC(=O)N1CCC(O)(c2ccc(Br)cn2)CC1. The molecule has 4 heterocycles. The number of rotatable bonds is 1. The van der Waals surface area contributed by atoms with Crippen LogP contribution in [-0.4, -0.2) is 80.2 Å². The number of nitrogens with zero attached hydrogens (tertiary/aromatic N) is 4. The van der Waals surface area contributed by atoms with Gasteiger partial charge in [0.15, 0.2) is 0 Å². The summed E-state index contributed by atoms with van der Waals surface area (Å²) in [6, 6.07) is 7.48. The van der Waals surface area contributed by atoms with E-state index < -0.39 is 16.8 Å². The van der Waals surface area contributed by atoms with Gasteiger partial charge in [-0.05, 0) is 126 Å². The van der Waals surface area contributed by atoms with Gasteiger partial charge in [0.1, 0.15) is 27.2 Å². The number of likely N-dealkylation sites (tertiary alicyclic amines) is 2. The van der Waals surface area contributed by atoms with Crippen LogP contribution in [0, 0.1) is 0 Å². The van der Waals surface area contributed by atoms with Gasteiger partial charge in [-0.1, -0.05) is 0 Å². The Morgan fingerprint density at radius 3 is 1.58 bits per heavy atom. The summed E-state index contributed by atoms with van der Waals surface area (Å²) >= 11 is 9.81. The van der Waals surface area contributed by atoms with E-state index in [4.69, 9.17) is 9.47 Å². The van der Waals surface area contributed by atoms with Crippen LogP contribution in [0.1, 0.15) is 72.9 Å². The van der Waals surface area contributed by atoms with Crippen LogP contribution in [0.25, 0.3) is 0 Å². The van der Waals surface area contributed by atoms with Crippen LogP contribution < -0.4 is 0 Å². The highest BCUT2D eigenvalue weighted by Crippen LogP contribution is 2.32. The van der Waals surface area contributed by atoms with Gasteiger partial charge in [0.05, 0.1) is 5.69 Å². The Kier molecular flexibility index (Phi) is 14.1. The lowest BCUT2D eigenvalue weighted by atomic mass is 9.88. The number of aromatic nitrogens is 2. The van der Waals surface area contributed by atoms with Crippen LogP contribution in [0.5, 0.6) is 0 Å². The largest absolute Gasteiger partial charge is 0.444 e. The number of ketones is 1. The molecule has 4 rings (SSSR count). The van der Waals surface area contributed by atoms with Crippen molar-refractivity contribution in [1.29, 1.82) is 0 Å². The Bertz CT molecular complexity index is 1180. The van der Waals surface area contributed by atoms with Gasteiger partial charge in [-0.15, -0.1) is 0 Å². The molecule has 2 aliphatic heterocycles. The third-order valence-corrected chi connectivity index (χ3v) is 7.52. The highest BCUT2D eigenvalue weighted by atomic mass is 79.9. The zero-order valence-electron chi connectivity index (χ0n) is 25.5. The molecule has 2 saturated heterocycles. The van der Waals surface area contributed by atoms with Crippen molar-refractivity contribution in [2.45, 2.75) is 84.0 Å². The quantitative estimate of drug-likeness (QED) is 0.300. The minimum Gasteiger partial charge on any atom is -0.444 e. The number of ether oxygens (including phenoxy) is 2. The predicted molar refractivity (Wildman–Crippen MR) is 175 cm³/mol. The van der Waals surface area contributed by atoms with Crippen LogP contribution in [-0.2, 0) is 19.9 Å². The third kappa shape index (κ3) is 14.0. The maximum atomic E-state index is 12.0. The average Bonchev–Trinajstić information content (AvgIpc) is 2.90. The van der Waals surface area contributed by atoms with Gasteiger partial charge in [0, 0.05) is 60.4 Å². The van der Waals surface area contributed by atoms with Gasteiger partial charge in [-0.25, -0.2) is 14.6 Å². The maximum Gasteiger partial charge on any atom is 0.410 e. The van der Waals surface area contributed by atoms with Crippen LogP contribution in [0.3, 0.4) is 0 Å². The van der Waals surface area contributed by atoms with Crippen LogP contribution in [0.4, 0.5) is 9.59 Å². The number of carbonyl (C=O) groups is 3.